The van der Waals surface area contributed by atoms with Crippen LogP contribution in [0.4, 0.5) is 10.9 Å². The van der Waals surface area contributed by atoms with E-state index >= 15 is 0 Å². The van der Waals surface area contributed by atoms with Crippen LogP contribution in [-0.2, 0) is 18.8 Å². The topological polar surface area (TPSA) is 138 Å². The fourth-order valence-electron chi connectivity index (χ4n) is 2.01. The van der Waals surface area contributed by atoms with Gasteiger partial charge in [0.15, 0.2) is 17.4 Å². The standard InChI is InChI=1S/C15H17N5O5S/c1-4-5-17-14-18-8(7-26-14)13(23)25-6-9(21)10-11(16)19(2)15(24)20(3)12(10)22/h4,7H,1,5-6,16H2,2-3H3,(H,17,18). The predicted molar refractivity (Wildman–Crippen MR) is 96.8 cm³/mol. The highest BCUT2D eigenvalue weighted by Crippen LogP contribution is 2.16. The van der Waals surface area contributed by atoms with Gasteiger partial charge in [0, 0.05) is 26.0 Å². The van der Waals surface area contributed by atoms with Crippen LogP contribution in [0.3, 0.4) is 0 Å². The van der Waals surface area contributed by atoms with Crippen molar-refractivity contribution in [2.75, 3.05) is 24.2 Å². The summed E-state index contributed by atoms with van der Waals surface area (Å²) in [5.41, 5.74) is 3.78. The Labute approximate surface area is 151 Å². The van der Waals surface area contributed by atoms with Gasteiger partial charge in [-0.1, -0.05) is 6.08 Å². The summed E-state index contributed by atoms with van der Waals surface area (Å²) in [6.07, 6.45) is 1.64. The van der Waals surface area contributed by atoms with E-state index in [0.717, 1.165) is 9.13 Å². The summed E-state index contributed by atoms with van der Waals surface area (Å²) in [5.74, 6) is -1.92. The Hall–Kier alpha value is -3.21. The van der Waals surface area contributed by atoms with Crippen molar-refractivity contribution in [2.45, 2.75) is 0 Å². The highest BCUT2D eigenvalue weighted by atomic mass is 32.1. The second-order valence-corrected chi connectivity index (χ2v) is 6.03. The largest absolute Gasteiger partial charge is 0.453 e. The van der Waals surface area contributed by atoms with E-state index in [9.17, 15) is 19.2 Å². The van der Waals surface area contributed by atoms with E-state index < -0.39 is 35.2 Å². The van der Waals surface area contributed by atoms with Crippen LogP contribution in [0.15, 0.2) is 27.6 Å². The number of hydrogen-bond acceptors (Lipinski definition) is 9. The molecule has 2 aromatic rings. The average molecular weight is 379 g/mol. The number of nitrogen functional groups attached to an aromatic ring is 1. The first-order valence-corrected chi connectivity index (χ1v) is 8.22. The molecule has 0 fully saturated rings. The molecule has 0 saturated carbocycles. The number of anilines is 2. The monoisotopic (exact) mass is 379 g/mol. The van der Waals surface area contributed by atoms with E-state index in [-0.39, 0.29) is 11.5 Å². The molecule has 10 nitrogen and oxygen atoms in total. The number of Topliss-reactive ketones (excluding diaryl/α,β-unsaturated/α-hetero) is 1. The molecule has 0 spiro atoms. The Morgan fingerprint density at radius 3 is 2.73 bits per heavy atom. The first kappa shape index (κ1) is 19.1. The molecule has 26 heavy (non-hydrogen) atoms. The lowest BCUT2D eigenvalue weighted by atomic mass is 10.2. The summed E-state index contributed by atoms with van der Waals surface area (Å²) in [4.78, 5) is 52.1. The number of nitrogens with zero attached hydrogens (tertiary/aromatic N) is 3. The number of rotatable bonds is 7. The summed E-state index contributed by atoms with van der Waals surface area (Å²) < 4.78 is 6.62. The zero-order chi connectivity index (χ0) is 19.4. The lowest BCUT2D eigenvalue weighted by Crippen LogP contribution is -2.42. The van der Waals surface area contributed by atoms with Crippen LogP contribution in [0.1, 0.15) is 20.8 Å². The molecule has 0 bridgehead atoms. The Morgan fingerprint density at radius 1 is 1.38 bits per heavy atom. The second kappa shape index (κ2) is 7.78. The van der Waals surface area contributed by atoms with E-state index in [1.807, 2.05) is 0 Å². The number of carbonyl (C=O) groups is 2. The van der Waals surface area contributed by atoms with E-state index in [4.69, 9.17) is 10.5 Å². The van der Waals surface area contributed by atoms with Gasteiger partial charge >= 0.3 is 11.7 Å². The number of aromatic nitrogens is 3. The molecule has 0 unspecified atom stereocenters. The SMILES string of the molecule is C=CCNc1nc(C(=O)OCC(=O)c2c(N)n(C)c(=O)n(C)c2=O)cs1. The quantitative estimate of drug-likeness (QED) is 0.382. The van der Waals surface area contributed by atoms with Gasteiger partial charge in [0.1, 0.15) is 11.4 Å². The van der Waals surface area contributed by atoms with Crippen molar-refractivity contribution in [3.63, 3.8) is 0 Å². The lowest BCUT2D eigenvalue weighted by molar-refractivity contribution is 0.0469. The molecule has 0 atom stereocenters. The first-order valence-electron chi connectivity index (χ1n) is 7.34. The molecule has 2 heterocycles. The van der Waals surface area contributed by atoms with Gasteiger partial charge in [-0.2, -0.15) is 0 Å². The number of thiazole rings is 1. The molecule has 0 aliphatic rings. The van der Waals surface area contributed by atoms with Crippen molar-refractivity contribution in [1.29, 1.82) is 0 Å². The van der Waals surface area contributed by atoms with Crippen molar-refractivity contribution in [3.8, 4) is 0 Å². The molecular weight excluding hydrogens is 362 g/mol. The number of hydrogen-bond donors (Lipinski definition) is 2. The number of nitrogens with two attached hydrogens (primary N) is 1. The summed E-state index contributed by atoms with van der Waals surface area (Å²) in [6.45, 7) is 3.33. The molecule has 11 heteroatoms. The molecule has 0 saturated heterocycles. The summed E-state index contributed by atoms with van der Waals surface area (Å²) in [7, 11) is 2.55. The number of nitrogens with one attached hydrogen (secondary N) is 1. The third-order valence-corrected chi connectivity index (χ3v) is 4.23. The van der Waals surface area contributed by atoms with E-state index in [0.29, 0.717) is 11.7 Å². The van der Waals surface area contributed by atoms with Crippen LogP contribution in [0.25, 0.3) is 0 Å². The Morgan fingerprint density at radius 2 is 2.08 bits per heavy atom. The van der Waals surface area contributed by atoms with Crippen LogP contribution in [-0.4, -0.2) is 39.0 Å². The van der Waals surface area contributed by atoms with Crippen LogP contribution in [0.2, 0.25) is 0 Å². The molecule has 0 aliphatic carbocycles. The van der Waals surface area contributed by atoms with E-state index in [1.165, 1.54) is 30.8 Å². The van der Waals surface area contributed by atoms with Gasteiger partial charge in [0.2, 0.25) is 5.78 Å². The van der Waals surface area contributed by atoms with Crippen molar-refractivity contribution in [3.05, 3.63) is 50.1 Å². The minimum absolute atomic E-state index is 0.0238. The van der Waals surface area contributed by atoms with Gasteiger partial charge in [0.05, 0.1) is 0 Å². The minimum Gasteiger partial charge on any atom is -0.453 e. The average Bonchev–Trinajstić information content (AvgIpc) is 3.10. The second-order valence-electron chi connectivity index (χ2n) is 5.17. The van der Waals surface area contributed by atoms with Gasteiger partial charge in [0.25, 0.3) is 5.56 Å². The zero-order valence-corrected chi connectivity index (χ0v) is 15.0. The van der Waals surface area contributed by atoms with E-state index in [1.54, 1.807) is 6.08 Å². The Kier molecular flexibility index (Phi) is 5.72. The van der Waals surface area contributed by atoms with Gasteiger partial charge < -0.3 is 15.8 Å². The first-order chi connectivity index (χ1) is 12.3. The predicted octanol–water partition coefficient (Wildman–Crippen LogP) is -0.240. The summed E-state index contributed by atoms with van der Waals surface area (Å²) in [5, 5.41) is 4.88. The fraction of sp³-hybridized carbons (Fsp3) is 0.267. The number of ether oxygens (including phenoxy) is 1. The number of ketones is 1. The maximum Gasteiger partial charge on any atom is 0.358 e. The molecule has 0 aromatic carbocycles. The van der Waals surface area contributed by atoms with Crippen molar-refractivity contribution in [1.82, 2.24) is 14.1 Å². The smallest absolute Gasteiger partial charge is 0.358 e. The molecule has 0 aliphatic heterocycles. The Bertz CT molecular complexity index is 987. The molecule has 0 radical (unpaired) electrons. The van der Waals surface area contributed by atoms with Crippen LogP contribution < -0.4 is 22.3 Å². The van der Waals surface area contributed by atoms with Gasteiger partial charge in [-0.25, -0.2) is 14.6 Å². The van der Waals surface area contributed by atoms with Crippen molar-refractivity contribution >= 4 is 34.0 Å². The Balaban J connectivity index is 2.13. The lowest BCUT2D eigenvalue weighted by Gasteiger charge is -2.10. The number of carbonyl (C=O) groups excluding carboxylic acids is 2. The third kappa shape index (κ3) is 3.72. The molecular formula is C15H17N5O5S. The van der Waals surface area contributed by atoms with Gasteiger partial charge in [-0.3, -0.25) is 18.7 Å². The molecule has 2 aromatic heterocycles. The van der Waals surface area contributed by atoms with Gasteiger partial charge in [-0.15, -0.1) is 17.9 Å². The van der Waals surface area contributed by atoms with Crippen LogP contribution in [0.5, 0.6) is 0 Å². The highest BCUT2D eigenvalue weighted by Gasteiger charge is 2.22. The fourth-order valence-corrected chi connectivity index (χ4v) is 2.70. The van der Waals surface area contributed by atoms with Gasteiger partial charge in [-0.05, 0) is 0 Å². The molecule has 138 valence electrons. The normalized spacial score (nSPS) is 10.4. The third-order valence-electron chi connectivity index (χ3n) is 3.43. The molecule has 2 rings (SSSR count). The minimum atomic E-state index is -0.851. The van der Waals surface area contributed by atoms with E-state index in [2.05, 4.69) is 16.9 Å². The van der Waals surface area contributed by atoms with Crippen LogP contribution in [0, 0.1) is 0 Å². The maximum atomic E-state index is 12.3. The van der Waals surface area contributed by atoms with Crippen LogP contribution >= 0.6 is 11.3 Å². The zero-order valence-electron chi connectivity index (χ0n) is 14.1. The summed E-state index contributed by atoms with van der Waals surface area (Å²) in [6, 6.07) is 0. The summed E-state index contributed by atoms with van der Waals surface area (Å²) >= 11 is 1.19. The number of esters is 1. The van der Waals surface area contributed by atoms with Crippen molar-refractivity contribution < 1.29 is 14.3 Å². The molecule has 3 N–H and O–H groups in total. The maximum absolute atomic E-state index is 12.3. The molecule has 0 amide bonds. The van der Waals surface area contributed by atoms with Crippen molar-refractivity contribution in [2.24, 2.45) is 14.1 Å². The highest BCUT2D eigenvalue weighted by molar-refractivity contribution is 7.13.